The van der Waals surface area contributed by atoms with Crippen LogP contribution in [-0.4, -0.2) is 48.3 Å². The van der Waals surface area contributed by atoms with Gasteiger partial charge in [-0.05, 0) is 51.3 Å². The van der Waals surface area contributed by atoms with Crippen LogP contribution >= 0.6 is 11.3 Å². The molecule has 0 aliphatic heterocycles. The first kappa shape index (κ1) is 23.5. The molecule has 32 heavy (non-hydrogen) atoms. The molecule has 2 amide bonds. The Balaban J connectivity index is 1.93. The number of amides is 2. The van der Waals surface area contributed by atoms with Gasteiger partial charge in [0.15, 0.2) is 5.13 Å². The van der Waals surface area contributed by atoms with E-state index in [9.17, 15) is 23.2 Å². The summed E-state index contributed by atoms with van der Waals surface area (Å²) in [4.78, 5) is 20.5. The lowest BCUT2D eigenvalue weighted by Crippen LogP contribution is -2.38. The summed E-state index contributed by atoms with van der Waals surface area (Å²) in [7, 11) is 3.82. The van der Waals surface area contributed by atoms with Crippen LogP contribution in [0.25, 0.3) is 11.3 Å². The van der Waals surface area contributed by atoms with E-state index in [0.29, 0.717) is 24.2 Å². The molecule has 170 valence electrons. The highest BCUT2D eigenvalue weighted by atomic mass is 32.1. The number of carbonyl (C=O) groups excluding carboxylic acids is 1. The Labute approximate surface area is 187 Å². The number of thiazole rings is 1. The van der Waals surface area contributed by atoms with Gasteiger partial charge in [-0.2, -0.15) is 13.2 Å². The van der Waals surface area contributed by atoms with Gasteiger partial charge in [0.2, 0.25) is 12.4 Å². The number of urea groups is 1. The Bertz CT molecular complexity index is 1070. The van der Waals surface area contributed by atoms with Crippen LogP contribution in [0.5, 0.6) is 0 Å². The molecule has 7 nitrogen and oxygen atoms in total. The number of aromatic nitrogens is 2. The van der Waals surface area contributed by atoms with Crippen molar-refractivity contribution in [2.75, 3.05) is 32.1 Å². The zero-order valence-electron chi connectivity index (χ0n) is 17.5. The first-order valence-electron chi connectivity index (χ1n) is 9.71. The molecule has 0 saturated heterocycles. The van der Waals surface area contributed by atoms with Crippen LogP contribution in [0.2, 0.25) is 0 Å². The first-order chi connectivity index (χ1) is 15.1. The number of benzene rings is 1. The Morgan fingerprint density at radius 2 is 2.03 bits per heavy atom. The monoisotopic (exact) mass is 466 g/mol. The topological polar surface area (TPSA) is 72.6 Å². The van der Waals surface area contributed by atoms with E-state index in [1.807, 2.05) is 19.0 Å². The third-order valence-corrected chi connectivity index (χ3v) is 5.28. The predicted octanol–water partition coefficient (Wildman–Crippen LogP) is 4.15. The molecule has 1 aromatic carbocycles. The Morgan fingerprint density at radius 3 is 2.72 bits per heavy atom. The van der Waals surface area contributed by atoms with Crippen LogP contribution in [0.15, 0.2) is 54.2 Å². The normalized spacial score (nSPS) is 11.6. The molecule has 0 radical (unpaired) electrons. The zero-order valence-corrected chi connectivity index (χ0v) is 18.3. The van der Waals surface area contributed by atoms with Gasteiger partial charge < -0.3 is 10.2 Å². The third-order valence-electron chi connectivity index (χ3n) is 4.46. The minimum absolute atomic E-state index is 0.0520. The predicted molar refractivity (Wildman–Crippen MR) is 115 cm³/mol. The lowest BCUT2D eigenvalue weighted by Gasteiger charge is -2.22. The van der Waals surface area contributed by atoms with Gasteiger partial charge in [-0.3, -0.25) is 5.21 Å². The molecule has 11 heteroatoms. The van der Waals surface area contributed by atoms with Crippen molar-refractivity contribution in [3.05, 3.63) is 59.7 Å². The lowest BCUT2D eigenvalue weighted by molar-refractivity contribution is -0.904. The van der Waals surface area contributed by atoms with Crippen molar-refractivity contribution in [1.82, 2.24) is 15.2 Å². The van der Waals surface area contributed by atoms with E-state index in [4.69, 9.17) is 0 Å². The minimum atomic E-state index is -4.54. The van der Waals surface area contributed by atoms with E-state index < -0.39 is 17.8 Å². The molecular weight excluding hydrogens is 443 g/mol. The van der Waals surface area contributed by atoms with Gasteiger partial charge in [-0.15, -0.1) is 11.3 Å². The lowest BCUT2D eigenvalue weighted by atomic mass is 10.2. The number of hydrogen-bond donors (Lipinski definition) is 2. The molecule has 0 atom stereocenters. The van der Waals surface area contributed by atoms with Crippen molar-refractivity contribution >= 4 is 28.2 Å². The number of pyridine rings is 1. The minimum Gasteiger partial charge on any atom is -0.337 e. The van der Waals surface area contributed by atoms with Crippen molar-refractivity contribution in [2.45, 2.75) is 12.6 Å². The molecule has 0 fully saturated rings. The Morgan fingerprint density at radius 1 is 1.25 bits per heavy atom. The maximum Gasteiger partial charge on any atom is 0.416 e. The standard InChI is InChI=1S/C21H22F3N5O2S/c1-27(2)10-5-9-25-19(30)29(17-8-3-7-16(12-17)21(22,23)24)20-26-18(14-32-20)15-6-4-11-28(31)13-15/h3-4,6-8,11-14H,5,9-10H2,1-2H3,(H-,25,30,31)/p+1. The van der Waals surface area contributed by atoms with Crippen LogP contribution in [0, 0.1) is 0 Å². The summed E-state index contributed by atoms with van der Waals surface area (Å²) in [6.07, 6.45) is -0.989. The molecule has 3 aromatic rings. The summed E-state index contributed by atoms with van der Waals surface area (Å²) >= 11 is 1.11. The average molecular weight is 467 g/mol. The Kier molecular flexibility index (Phi) is 7.31. The van der Waals surface area contributed by atoms with Gasteiger partial charge >= 0.3 is 12.2 Å². The fourth-order valence-electron chi connectivity index (χ4n) is 2.92. The van der Waals surface area contributed by atoms with Crippen LogP contribution in [-0.2, 0) is 6.18 Å². The van der Waals surface area contributed by atoms with E-state index in [2.05, 4.69) is 10.3 Å². The van der Waals surface area contributed by atoms with Crippen molar-refractivity contribution in [3.63, 3.8) is 0 Å². The average Bonchev–Trinajstić information content (AvgIpc) is 3.20. The number of rotatable bonds is 7. The van der Waals surface area contributed by atoms with Crippen molar-refractivity contribution in [3.8, 4) is 11.3 Å². The van der Waals surface area contributed by atoms with Crippen LogP contribution in [0.3, 0.4) is 0 Å². The van der Waals surface area contributed by atoms with Crippen LogP contribution in [0.1, 0.15) is 12.0 Å². The maximum absolute atomic E-state index is 13.3. The third kappa shape index (κ3) is 5.95. The molecule has 0 unspecified atom stereocenters. The van der Waals surface area contributed by atoms with E-state index in [1.54, 1.807) is 17.5 Å². The van der Waals surface area contributed by atoms with Gasteiger partial charge in [0, 0.05) is 22.7 Å². The van der Waals surface area contributed by atoms with Gasteiger partial charge in [-0.25, -0.2) is 14.7 Å². The quantitative estimate of drug-likeness (QED) is 0.312. The molecule has 2 heterocycles. The summed E-state index contributed by atoms with van der Waals surface area (Å²) in [6, 6.07) is 7.33. The van der Waals surface area contributed by atoms with Gasteiger partial charge in [-0.1, -0.05) is 6.07 Å². The highest BCUT2D eigenvalue weighted by Crippen LogP contribution is 2.36. The smallest absolute Gasteiger partial charge is 0.337 e. The first-order valence-corrected chi connectivity index (χ1v) is 10.6. The van der Waals surface area contributed by atoms with Crippen molar-refractivity contribution in [1.29, 1.82) is 0 Å². The summed E-state index contributed by atoms with van der Waals surface area (Å²) in [6.45, 7) is 1.11. The number of alkyl halides is 3. The second-order valence-corrected chi connectivity index (χ2v) is 8.10. The number of hydrogen-bond acceptors (Lipinski definition) is 5. The van der Waals surface area contributed by atoms with Crippen LogP contribution in [0.4, 0.5) is 28.8 Å². The van der Waals surface area contributed by atoms with Crippen molar-refractivity contribution in [2.24, 2.45) is 0 Å². The zero-order chi connectivity index (χ0) is 23.3. The molecule has 0 aliphatic carbocycles. The van der Waals surface area contributed by atoms with Gasteiger partial charge in [0.1, 0.15) is 0 Å². The second kappa shape index (κ2) is 9.96. The molecule has 3 rings (SSSR count). The molecule has 0 saturated carbocycles. The molecular formula is C21H23F3N5O2S+. The molecule has 0 spiro atoms. The summed E-state index contributed by atoms with van der Waals surface area (Å²) in [5.41, 5.74) is 0.261. The number of anilines is 2. The maximum atomic E-state index is 13.3. The molecule has 2 aromatic heterocycles. The molecule has 0 aliphatic rings. The fraction of sp³-hybridized carbons (Fsp3) is 0.286. The van der Waals surface area contributed by atoms with E-state index >= 15 is 0 Å². The summed E-state index contributed by atoms with van der Waals surface area (Å²) in [5.74, 6) is 0. The van der Waals surface area contributed by atoms with E-state index in [0.717, 1.165) is 39.6 Å². The van der Waals surface area contributed by atoms with E-state index in [-0.39, 0.29) is 10.8 Å². The second-order valence-electron chi connectivity index (χ2n) is 7.26. The summed E-state index contributed by atoms with van der Waals surface area (Å²) < 4.78 is 40.6. The highest BCUT2D eigenvalue weighted by molar-refractivity contribution is 7.14. The number of halogens is 3. The largest absolute Gasteiger partial charge is 0.416 e. The molecule has 2 N–H and O–H groups in total. The van der Waals surface area contributed by atoms with Crippen molar-refractivity contribution < 1.29 is 27.9 Å². The SMILES string of the molecule is CN(C)CCCNC(=O)N(c1cccc(C(F)(F)F)c1)c1nc(-c2ccc[n+](O)c2)cs1. The number of nitrogens with zero attached hydrogens (tertiary/aromatic N) is 4. The number of carbonyl (C=O) groups is 1. The van der Waals surface area contributed by atoms with Crippen LogP contribution < -0.4 is 14.9 Å². The number of nitrogens with one attached hydrogen (secondary N) is 1. The van der Waals surface area contributed by atoms with E-state index in [1.165, 1.54) is 24.5 Å². The highest BCUT2D eigenvalue weighted by Gasteiger charge is 2.32. The van der Waals surface area contributed by atoms with Gasteiger partial charge in [0.25, 0.3) is 0 Å². The Hall–Kier alpha value is -3.18. The summed E-state index contributed by atoms with van der Waals surface area (Å²) in [5, 5.41) is 14.3. The fourth-order valence-corrected chi connectivity index (χ4v) is 3.77. The molecule has 0 bridgehead atoms. The van der Waals surface area contributed by atoms with Gasteiger partial charge in [0.05, 0.1) is 22.5 Å².